The lowest BCUT2D eigenvalue weighted by Gasteiger charge is -2.60. The number of nitrogens with zero attached hydrogens (tertiary/aromatic N) is 1. The summed E-state index contributed by atoms with van der Waals surface area (Å²) >= 11 is 1.81. The van der Waals surface area contributed by atoms with Gasteiger partial charge in [-0.3, -0.25) is 9.59 Å². The van der Waals surface area contributed by atoms with Gasteiger partial charge in [0.25, 0.3) is 6.47 Å². The van der Waals surface area contributed by atoms with E-state index in [2.05, 4.69) is 111 Å². The van der Waals surface area contributed by atoms with Gasteiger partial charge in [-0.05, 0) is 27.3 Å². The summed E-state index contributed by atoms with van der Waals surface area (Å²) in [5.41, 5.74) is 4.46. The molecule has 3 unspecified atom stereocenters. The highest BCUT2D eigenvalue weighted by molar-refractivity contribution is 8.01. The van der Waals surface area contributed by atoms with E-state index in [9.17, 15) is 9.59 Å². The van der Waals surface area contributed by atoms with Crippen LogP contribution in [0, 0.1) is 5.92 Å². The van der Waals surface area contributed by atoms with E-state index >= 15 is 0 Å². The fourth-order valence-corrected chi connectivity index (χ4v) is 11.0. The molecule has 4 aromatic carbocycles. The minimum atomic E-state index is -2.33. The highest BCUT2D eigenvalue weighted by Crippen LogP contribution is 2.57. The summed E-state index contributed by atoms with van der Waals surface area (Å²) in [6.45, 7) is 11.8. The SMILES string of the molecule is CC(C)(C)[Si](C)(C)N1C(=O)C(C(Cc2ccccc2)OC=O)C1SC(c1ccccc1)(c1ccccc1)c1ccccc1. The number of amides is 1. The van der Waals surface area contributed by atoms with Crippen LogP contribution in [0.1, 0.15) is 43.0 Å². The van der Waals surface area contributed by atoms with Crippen LogP contribution in [0.3, 0.4) is 0 Å². The quantitative estimate of drug-likeness (QED) is 0.0745. The summed E-state index contributed by atoms with van der Waals surface area (Å²) in [7, 11) is -2.33. The molecule has 1 amide bonds. The highest BCUT2D eigenvalue weighted by Gasteiger charge is 2.62. The third kappa shape index (κ3) is 5.83. The van der Waals surface area contributed by atoms with Crippen LogP contribution in [-0.4, -0.2) is 36.7 Å². The molecule has 222 valence electrons. The van der Waals surface area contributed by atoms with Gasteiger partial charge in [-0.2, -0.15) is 0 Å². The number of hydrogen-bond donors (Lipinski definition) is 0. The molecular weight excluding hydrogens is 567 g/mol. The maximum Gasteiger partial charge on any atom is 0.293 e. The Balaban J connectivity index is 1.71. The van der Waals surface area contributed by atoms with Gasteiger partial charge in [-0.25, -0.2) is 0 Å². The molecular formula is C37H41NO3SSi. The molecule has 0 spiro atoms. The average Bonchev–Trinajstić information content (AvgIpc) is 3.00. The van der Waals surface area contributed by atoms with Crippen molar-refractivity contribution in [3.8, 4) is 0 Å². The first-order valence-electron chi connectivity index (χ1n) is 14.9. The Morgan fingerprint density at radius 2 is 1.19 bits per heavy atom. The predicted molar refractivity (Wildman–Crippen MR) is 179 cm³/mol. The zero-order chi connectivity index (χ0) is 30.7. The van der Waals surface area contributed by atoms with E-state index in [0.29, 0.717) is 12.9 Å². The van der Waals surface area contributed by atoms with Crippen molar-refractivity contribution in [3.63, 3.8) is 0 Å². The Morgan fingerprint density at radius 1 is 0.767 bits per heavy atom. The van der Waals surface area contributed by atoms with E-state index in [4.69, 9.17) is 4.74 Å². The van der Waals surface area contributed by atoms with Crippen LogP contribution in [0.4, 0.5) is 0 Å². The first-order valence-corrected chi connectivity index (χ1v) is 18.7. The maximum atomic E-state index is 14.4. The van der Waals surface area contributed by atoms with Crippen molar-refractivity contribution >= 4 is 32.4 Å². The Labute approximate surface area is 261 Å². The number of hydrogen-bond acceptors (Lipinski definition) is 4. The van der Waals surface area contributed by atoms with Crippen molar-refractivity contribution in [1.29, 1.82) is 0 Å². The number of benzene rings is 4. The molecule has 6 heteroatoms. The van der Waals surface area contributed by atoms with Crippen molar-refractivity contribution in [2.45, 2.75) is 61.5 Å². The largest absolute Gasteiger partial charge is 0.463 e. The van der Waals surface area contributed by atoms with Crippen LogP contribution >= 0.6 is 11.8 Å². The minimum absolute atomic E-state index is 0.0677. The zero-order valence-electron chi connectivity index (χ0n) is 25.6. The lowest BCUT2D eigenvalue weighted by molar-refractivity contribution is -0.156. The van der Waals surface area contributed by atoms with Crippen LogP contribution in [0.15, 0.2) is 121 Å². The molecule has 0 aromatic heterocycles. The van der Waals surface area contributed by atoms with Gasteiger partial charge in [0.2, 0.25) is 5.91 Å². The normalized spacial score (nSPS) is 18.1. The Kier molecular flexibility index (Phi) is 9.00. The number of ether oxygens (including phenoxy) is 1. The summed E-state index contributed by atoms with van der Waals surface area (Å²) in [6, 6.07) is 41.7. The van der Waals surface area contributed by atoms with Gasteiger partial charge in [0.1, 0.15) is 12.0 Å². The molecule has 1 aliphatic heterocycles. The number of carbonyl (C=O) groups excluding carboxylic acids is 2. The van der Waals surface area contributed by atoms with Crippen LogP contribution in [0.2, 0.25) is 18.1 Å². The molecule has 3 atom stereocenters. The third-order valence-corrected chi connectivity index (χ3v) is 16.6. The van der Waals surface area contributed by atoms with Crippen LogP contribution < -0.4 is 0 Å². The summed E-state index contributed by atoms with van der Waals surface area (Å²) in [6.07, 6.45) is -0.0983. The number of rotatable bonds is 11. The second-order valence-electron chi connectivity index (χ2n) is 12.8. The van der Waals surface area contributed by atoms with Crippen molar-refractivity contribution < 1.29 is 14.3 Å². The highest BCUT2D eigenvalue weighted by atomic mass is 32.2. The van der Waals surface area contributed by atoms with Crippen LogP contribution in [-0.2, 0) is 25.5 Å². The molecule has 4 nitrogen and oxygen atoms in total. The molecule has 4 aromatic rings. The van der Waals surface area contributed by atoms with Crippen molar-refractivity contribution in [2.24, 2.45) is 5.92 Å². The topological polar surface area (TPSA) is 46.6 Å². The summed E-state index contributed by atoms with van der Waals surface area (Å²) in [5.74, 6) is -0.407. The van der Waals surface area contributed by atoms with E-state index < -0.39 is 25.0 Å². The number of thioether (sulfide) groups is 1. The lowest BCUT2D eigenvalue weighted by Crippen LogP contribution is -2.74. The van der Waals surface area contributed by atoms with Crippen LogP contribution in [0.5, 0.6) is 0 Å². The van der Waals surface area contributed by atoms with Crippen LogP contribution in [0.25, 0.3) is 0 Å². The maximum absolute atomic E-state index is 14.4. The second-order valence-corrected chi connectivity index (χ2v) is 19.2. The van der Waals surface area contributed by atoms with Gasteiger partial charge in [0.15, 0.2) is 8.24 Å². The van der Waals surface area contributed by atoms with Crippen molar-refractivity contribution in [1.82, 2.24) is 4.57 Å². The summed E-state index contributed by atoms with van der Waals surface area (Å²) in [4.78, 5) is 26.3. The Morgan fingerprint density at radius 3 is 1.58 bits per heavy atom. The standard InChI is InChI=1S/C37H41NO3SSi/c1-36(2,3)43(4,5)38-34(40)33(32(41-27-39)26-28-18-10-6-11-19-28)35(38)42-37(29-20-12-7-13-21-29,30-22-14-8-15-23-30)31-24-16-9-17-25-31/h6-25,27,32-33,35H,26H2,1-5H3. The first kappa shape index (κ1) is 30.8. The van der Waals surface area contributed by atoms with Gasteiger partial charge in [0.05, 0.1) is 10.1 Å². The van der Waals surface area contributed by atoms with Gasteiger partial charge in [-0.15, -0.1) is 11.8 Å². The summed E-state index contributed by atoms with van der Waals surface area (Å²) < 4.78 is 7.38. The van der Waals surface area contributed by atoms with Gasteiger partial charge < -0.3 is 9.30 Å². The van der Waals surface area contributed by atoms with Crippen molar-refractivity contribution in [2.75, 3.05) is 0 Å². The van der Waals surface area contributed by atoms with E-state index in [1.165, 1.54) is 0 Å². The average molecular weight is 608 g/mol. The van der Waals surface area contributed by atoms with Crippen molar-refractivity contribution in [3.05, 3.63) is 144 Å². The fourth-order valence-electron chi connectivity index (χ4n) is 5.99. The first-order chi connectivity index (χ1) is 20.6. The Hall–Kier alpha value is -3.61. The number of β-lactam (4-membered cyclic amide) rings is 1. The zero-order valence-corrected chi connectivity index (χ0v) is 27.5. The molecule has 0 radical (unpaired) electrons. The molecule has 43 heavy (non-hydrogen) atoms. The lowest BCUT2D eigenvalue weighted by atomic mass is 9.84. The summed E-state index contributed by atoms with van der Waals surface area (Å²) in [5, 5.41) is -0.287. The van der Waals surface area contributed by atoms with E-state index in [-0.39, 0.29) is 16.3 Å². The number of carbonyl (C=O) groups is 2. The monoisotopic (exact) mass is 607 g/mol. The Bertz CT molecular complexity index is 1410. The van der Waals surface area contributed by atoms with E-state index in [1.54, 1.807) is 0 Å². The van der Waals surface area contributed by atoms with E-state index in [0.717, 1.165) is 22.3 Å². The fraction of sp³-hybridized carbons (Fsp3) is 0.297. The van der Waals surface area contributed by atoms with Gasteiger partial charge >= 0.3 is 0 Å². The molecule has 1 aliphatic rings. The second kappa shape index (κ2) is 12.5. The molecule has 1 fully saturated rings. The predicted octanol–water partition coefficient (Wildman–Crippen LogP) is 8.29. The molecule has 0 bridgehead atoms. The molecule has 1 heterocycles. The molecule has 0 aliphatic carbocycles. The third-order valence-electron chi connectivity index (χ3n) is 9.27. The molecule has 5 rings (SSSR count). The smallest absolute Gasteiger partial charge is 0.293 e. The van der Waals surface area contributed by atoms with E-state index in [1.807, 2.05) is 60.3 Å². The molecule has 0 N–H and O–H groups in total. The minimum Gasteiger partial charge on any atom is -0.463 e. The van der Waals surface area contributed by atoms with Gasteiger partial charge in [-0.1, -0.05) is 155 Å². The molecule has 0 saturated carbocycles. The molecule has 1 saturated heterocycles. The van der Waals surface area contributed by atoms with Gasteiger partial charge in [0, 0.05) is 6.42 Å².